The van der Waals surface area contributed by atoms with Gasteiger partial charge in [0, 0.05) is 18.0 Å². The average molecular weight is 214 g/mol. The molecule has 3 heteroatoms. The van der Waals surface area contributed by atoms with E-state index in [1.54, 1.807) is 18.5 Å². The minimum Gasteiger partial charge on any atom is -0.388 e. The van der Waals surface area contributed by atoms with Gasteiger partial charge in [-0.3, -0.25) is 4.98 Å². The lowest BCUT2D eigenvalue weighted by Crippen LogP contribution is -2.11. The van der Waals surface area contributed by atoms with E-state index in [-0.39, 0.29) is 5.41 Å². The third-order valence-corrected chi connectivity index (χ3v) is 2.28. The summed E-state index contributed by atoms with van der Waals surface area (Å²) in [6, 6.07) is 1.76. The van der Waals surface area contributed by atoms with Crippen molar-refractivity contribution in [1.29, 1.82) is 0 Å². The number of aromatic nitrogens is 1. The Morgan fingerprint density at radius 1 is 1.50 bits per heavy atom. The van der Waals surface area contributed by atoms with Gasteiger partial charge in [0.25, 0.3) is 0 Å². The summed E-state index contributed by atoms with van der Waals surface area (Å²) in [7, 11) is 0. The molecular formula is C11H16ClNO. The number of aliphatic hydroxyl groups is 1. The van der Waals surface area contributed by atoms with Crippen LogP contribution in [-0.4, -0.2) is 10.1 Å². The standard InChI is InChI=1S/C11H16ClNO/c1-11(2,3)6-10(14)8-4-5-13-7-9(8)12/h4-5,7,10,14H,6H2,1-3H3/t10-/m0/s1. The number of hydrogen-bond donors (Lipinski definition) is 1. The normalized spacial score (nSPS) is 14.1. The Morgan fingerprint density at radius 3 is 2.64 bits per heavy atom. The molecule has 0 aliphatic heterocycles. The predicted octanol–water partition coefficient (Wildman–Crippen LogP) is 3.20. The molecule has 0 saturated carbocycles. The van der Waals surface area contributed by atoms with E-state index < -0.39 is 6.10 Å². The van der Waals surface area contributed by atoms with E-state index in [0.717, 1.165) is 5.56 Å². The van der Waals surface area contributed by atoms with E-state index in [4.69, 9.17) is 11.6 Å². The molecule has 1 rings (SSSR count). The number of aliphatic hydroxyl groups excluding tert-OH is 1. The van der Waals surface area contributed by atoms with Crippen molar-refractivity contribution in [3.05, 3.63) is 29.0 Å². The SMILES string of the molecule is CC(C)(C)C[C@H](O)c1ccncc1Cl. The van der Waals surface area contributed by atoms with E-state index in [1.807, 2.05) is 0 Å². The first-order chi connectivity index (χ1) is 6.40. The summed E-state index contributed by atoms with van der Waals surface area (Å²) in [4.78, 5) is 3.88. The second-order valence-corrected chi connectivity index (χ2v) is 5.08. The van der Waals surface area contributed by atoms with Crippen LogP contribution in [0, 0.1) is 5.41 Å². The highest BCUT2D eigenvalue weighted by Gasteiger charge is 2.19. The maximum Gasteiger partial charge on any atom is 0.0810 e. The van der Waals surface area contributed by atoms with Crippen LogP contribution in [0.3, 0.4) is 0 Å². The molecule has 0 fully saturated rings. The second-order valence-electron chi connectivity index (χ2n) is 4.68. The molecule has 0 bridgehead atoms. The Morgan fingerprint density at radius 2 is 2.14 bits per heavy atom. The predicted molar refractivity (Wildman–Crippen MR) is 58.3 cm³/mol. The van der Waals surface area contributed by atoms with Gasteiger partial charge in [-0.15, -0.1) is 0 Å². The summed E-state index contributed by atoms with van der Waals surface area (Å²) in [5.41, 5.74) is 0.850. The largest absolute Gasteiger partial charge is 0.388 e. The molecule has 1 heterocycles. The zero-order chi connectivity index (χ0) is 10.8. The zero-order valence-electron chi connectivity index (χ0n) is 8.79. The fourth-order valence-corrected chi connectivity index (χ4v) is 1.59. The van der Waals surface area contributed by atoms with Gasteiger partial charge in [0.2, 0.25) is 0 Å². The Balaban J connectivity index is 2.80. The third-order valence-electron chi connectivity index (χ3n) is 1.97. The van der Waals surface area contributed by atoms with Crippen molar-refractivity contribution in [3.8, 4) is 0 Å². The minimum atomic E-state index is -0.509. The topological polar surface area (TPSA) is 33.1 Å². The molecule has 0 saturated heterocycles. The molecule has 0 unspecified atom stereocenters. The summed E-state index contributed by atoms with van der Waals surface area (Å²) in [5.74, 6) is 0. The molecule has 1 aromatic heterocycles. The van der Waals surface area contributed by atoms with Gasteiger partial charge < -0.3 is 5.11 Å². The first-order valence-corrected chi connectivity index (χ1v) is 5.05. The molecule has 0 aliphatic rings. The molecular weight excluding hydrogens is 198 g/mol. The highest BCUT2D eigenvalue weighted by molar-refractivity contribution is 6.31. The molecule has 14 heavy (non-hydrogen) atoms. The number of rotatable bonds is 2. The molecule has 1 atom stereocenters. The second kappa shape index (κ2) is 4.28. The van der Waals surface area contributed by atoms with E-state index in [2.05, 4.69) is 25.8 Å². The van der Waals surface area contributed by atoms with Crippen molar-refractivity contribution in [2.24, 2.45) is 5.41 Å². The van der Waals surface area contributed by atoms with Crippen molar-refractivity contribution in [2.45, 2.75) is 33.3 Å². The summed E-state index contributed by atoms with van der Waals surface area (Å²) < 4.78 is 0. The lowest BCUT2D eigenvalue weighted by Gasteiger charge is -2.22. The lowest BCUT2D eigenvalue weighted by atomic mass is 9.87. The maximum absolute atomic E-state index is 9.92. The first kappa shape index (κ1) is 11.5. The van der Waals surface area contributed by atoms with Gasteiger partial charge in [0.1, 0.15) is 0 Å². The van der Waals surface area contributed by atoms with Crippen LogP contribution < -0.4 is 0 Å². The van der Waals surface area contributed by atoms with Crippen molar-refractivity contribution < 1.29 is 5.11 Å². The summed E-state index contributed by atoms with van der Waals surface area (Å²) in [6.07, 6.45) is 3.39. The third kappa shape index (κ3) is 3.28. The fourth-order valence-electron chi connectivity index (χ4n) is 1.35. The molecule has 0 aromatic carbocycles. The number of nitrogens with zero attached hydrogens (tertiary/aromatic N) is 1. The van der Waals surface area contributed by atoms with Crippen LogP contribution in [0.4, 0.5) is 0 Å². The molecule has 2 nitrogen and oxygen atoms in total. The quantitative estimate of drug-likeness (QED) is 0.819. The highest BCUT2D eigenvalue weighted by atomic mass is 35.5. The molecule has 0 spiro atoms. The summed E-state index contributed by atoms with van der Waals surface area (Å²) in [5, 5.41) is 10.5. The highest BCUT2D eigenvalue weighted by Crippen LogP contribution is 2.31. The van der Waals surface area contributed by atoms with E-state index >= 15 is 0 Å². The first-order valence-electron chi connectivity index (χ1n) is 4.67. The Hall–Kier alpha value is -0.600. The van der Waals surface area contributed by atoms with E-state index in [1.165, 1.54) is 0 Å². The Labute approximate surface area is 89.9 Å². The van der Waals surface area contributed by atoms with Crippen LogP contribution in [0.2, 0.25) is 5.02 Å². The average Bonchev–Trinajstić information content (AvgIpc) is 2.01. The van der Waals surface area contributed by atoms with Gasteiger partial charge >= 0.3 is 0 Å². The molecule has 0 amide bonds. The van der Waals surface area contributed by atoms with Gasteiger partial charge in [-0.1, -0.05) is 32.4 Å². The van der Waals surface area contributed by atoms with Crippen molar-refractivity contribution in [2.75, 3.05) is 0 Å². The van der Waals surface area contributed by atoms with Crippen molar-refractivity contribution >= 4 is 11.6 Å². The van der Waals surface area contributed by atoms with Crippen LogP contribution in [0.15, 0.2) is 18.5 Å². The van der Waals surface area contributed by atoms with E-state index in [9.17, 15) is 5.11 Å². The molecule has 0 radical (unpaired) electrons. The van der Waals surface area contributed by atoms with Crippen LogP contribution >= 0.6 is 11.6 Å². The summed E-state index contributed by atoms with van der Waals surface area (Å²) in [6.45, 7) is 6.27. The zero-order valence-corrected chi connectivity index (χ0v) is 9.54. The smallest absolute Gasteiger partial charge is 0.0810 e. The van der Waals surface area contributed by atoms with Crippen LogP contribution in [-0.2, 0) is 0 Å². The lowest BCUT2D eigenvalue weighted by molar-refractivity contribution is 0.122. The van der Waals surface area contributed by atoms with Gasteiger partial charge in [0.15, 0.2) is 0 Å². The van der Waals surface area contributed by atoms with Crippen LogP contribution in [0.25, 0.3) is 0 Å². The Bertz CT molecular complexity index is 306. The van der Waals surface area contributed by atoms with E-state index in [0.29, 0.717) is 11.4 Å². The monoisotopic (exact) mass is 213 g/mol. The van der Waals surface area contributed by atoms with Crippen LogP contribution in [0.5, 0.6) is 0 Å². The molecule has 0 aliphatic carbocycles. The van der Waals surface area contributed by atoms with Gasteiger partial charge in [-0.2, -0.15) is 0 Å². The molecule has 78 valence electrons. The maximum atomic E-state index is 9.92. The fraction of sp³-hybridized carbons (Fsp3) is 0.545. The van der Waals surface area contributed by atoms with Crippen LogP contribution in [0.1, 0.15) is 38.9 Å². The van der Waals surface area contributed by atoms with Gasteiger partial charge in [-0.05, 0) is 17.9 Å². The van der Waals surface area contributed by atoms with Gasteiger partial charge in [0.05, 0.1) is 11.1 Å². The van der Waals surface area contributed by atoms with Crippen molar-refractivity contribution in [1.82, 2.24) is 4.98 Å². The molecule has 1 N–H and O–H groups in total. The summed E-state index contributed by atoms with van der Waals surface area (Å²) >= 11 is 5.93. The number of hydrogen-bond acceptors (Lipinski definition) is 2. The number of halogens is 1. The minimum absolute atomic E-state index is 0.0893. The van der Waals surface area contributed by atoms with Gasteiger partial charge in [-0.25, -0.2) is 0 Å². The van der Waals surface area contributed by atoms with Crippen molar-refractivity contribution in [3.63, 3.8) is 0 Å². The number of pyridine rings is 1. The molecule has 1 aromatic rings. The Kier molecular flexibility index (Phi) is 3.51.